The highest BCUT2D eigenvalue weighted by Gasteiger charge is 2.52. The first kappa shape index (κ1) is 34.0. The molecular formula is C54H43BN2. The fourth-order valence-corrected chi connectivity index (χ4v) is 10.7. The topological polar surface area (TPSA) is 29.3 Å². The van der Waals surface area contributed by atoms with Crippen molar-refractivity contribution in [2.24, 2.45) is 0 Å². The van der Waals surface area contributed by atoms with Crippen LogP contribution in [0.5, 0.6) is 0 Å². The van der Waals surface area contributed by atoms with Crippen LogP contribution < -0.4 is 16.1 Å². The second-order valence-electron chi connectivity index (χ2n) is 16.1. The third-order valence-electron chi connectivity index (χ3n) is 13.2. The van der Waals surface area contributed by atoms with Gasteiger partial charge in [0.15, 0.2) is 0 Å². The zero-order valence-electron chi connectivity index (χ0n) is 32.4. The first-order valence-electron chi connectivity index (χ1n) is 20.5. The summed E-state index contributed by atoms with van der Waals surface area (Å²) in [6.07, 6.45) is 22.4. The van der Waals surface area contributed by atoms with Crippen molar-refractivity contribution in [3.05, 3.63) is 196 Å². The quantitative estimate of drug-likeness (QED) is 0.145. The van der Waals surface area contributed by atoms with Crippen molar-refractivity contribution >= 4 is 47.6 Å². The van der Waals surface area contributed by atoms with Crippen LogP contribution in [0.2, 0.25) is 0 Å². The molecule has 4 aliphatic carbocycles. The molecule has 3 heteroatoms. The maximum Gasteiger partial charge on any atom is 0.114 e. The zero-order chi connectivity index (χ0) is 38.3. The van der Waals surface area contributed by atoms with Crippen LogP contribution >= 0.6 is 0 Å². The van der Waals surface area contributed by atoms with E-state index in [-0.39, 0.29) is 0 Å². The molecule has 5 aliphatic rings. The van der Waals surface area contributed by atoms with Gasteiger partial charge in [-0.25, -0.2) is 0 Å². The van der Waals surface area contributed by atoms with Crippen LogP contribution in [-0.2, 0) is 11.8 Å². The highest BCUT2D eigenvalue weighted by molar-refractivity contribution is 6.36. The van der Waals surface area contributed by atoms with Crippen LogP contribution in [0.1, 0.15) is 71.0 Å². The Morgan fingerprint density at radius 1 is 0.596 bits per heavy atom. The van der Waals surface area contributed by atoms with Gasteiger partial charge in [0.05, 0.1) is 11.1 Å². The first-order chi connectivity index (χ1) is 28.1. The average Bonchev–Trinajstić information content (AvgIpc) is 3.56. The third-order valence-corrected chi connectivity index (χ3v) is 13.2. The molecule has 1 aliphatic heterocycles. The number of anilines is 3. The number of benzene rings is 6. The predicted molar refractivity (Wildman–Crippen MR) is 242 cm³/mol. The lowest BCUT2D eigenvalue weighted by Gasteiger charge is -2.45. The summed E-state index contributed by atoms with van der Waals surface area (Å²) in [7, 11) is 9.31. The highest BCUT2D eigenvalue weighted by Crippen LogP contribution is 2.64. The van der Waals surface area contributed by atoms with E-state index in [0.29, 0.717) is 0 Å². The van der Waals surface area contributed by atoms with E-state index in [1.807, 2.05) is 0 Å². The molecule has 57 heavy (non-hydrogen) atoms. The van der Waals surface area contributed by atoms with Crippen LogP contribution in [0.3, 0.4) is 0 Å². The maximum atomic E-state index is 7.26. The van der Waals surface area contributed by atoms with Gasteiger partial charge in [0.25, 0.3) is 0 Å². The summed E-state index contributed by atoms with van der Waals surface area (Å²) < 4.78 is 0. The van der Waals surface area contributed by atoms with Crippen molar-refractivity contribution < 1.29 is 0 Å². The molecule has 6 aromatic carbocycles. The predicted octanol–water partition coefficient (Wildman–Crippen LogP) is 12.3. The van der Waals surface area contributed by atoms with E-state index >= 15 is 0 Å². The lowest BCUT2D eigenvalue weighted by molar-refractivity contribution is 0.738. The molecule has 2 nitrogen and oxygen atoms in total. The number of hydrogen-bond donors (Lipinski definition) is 1. The molecule has 2 radical (unpaired) electrons. The minimum atomic E-state index is -0.471. The lowest BCUT2D eigenvalue weighted by atomic mass is 9.63. The molecule has 1 unspecified atom stereocenters. The molecule has 0 amide bonds. The molecule has 6 aromatic rings. The number of para-hydroxylation sites is 2. The summed E-state index contributed by atoms with van der Waals surface area (Å²) in [5, 5.41) is 0. The molecule has 11 rings (SSSR count). The Balaban J connectivity index is 1.25. The van der Waals surface area contributed by atoms with Crippen LogP contribution in [0, 0.1) is 0 Å². The summed E-state index contributed by atoms with van der Waals surface area (Å²) in [5.74, 6) is 0. The largest absolute Gasteiger partial charge is 0.398 e. The summed E-state index contributed by atoms with van der Waals surface area (Å²) in [6, 6.07) is 43.0. The Morgan fingerprint density at radius 2 is 1.32 bits per heavy atom. The number of nitrogens with two attached hydrogens (primary N) is 1. The lowest BCUT2D eigenvalue weighted by Crippen LogP contribution is -2.37. The molecule has 0 bridgehead atoms. The number of nitrogens with zero attached hydrogens (tertiary/aromatic N) is 1. The van der Waals surface area contributed by atoms with E-state index < -0.39 is 5.41 Å². The number of rotatable bonds is 4. The average molecular weight is 731 g/mol. The van der Waals surface area contributed by atoms with Crippen LogP contribution in [-0.4, -0.2) is 14.9 Å². The van der Waals surface area contributed by atoms with Crippen molar-refractivity contribution in [1.82, 2.24) is 0 Å². The number of hydrogen-bond acceptors (Lipinski definition) is 2. The molecule has 1 atom stereocenters. The van der Waals surface area contributed by atoms with Gasteiger partial charge in [0, 0.05) is 35.1 Å². The van der Waals surface area contributed by atoms with Gasteiger partial charge in [0.1, 0.15) is 7.85 Å². The molecule has 1 heterocycles. The van der Waals surface area contributed by atoms with Gasteiger partial charge in [-0.05, 0) is 123 Å². The van der Waals surface area contributed by atoms with Crippen molar-refractivity contribution in [2.45, 2.75) is 43.9 Å². The normalized spacial score (nSPS) is 18.5. The van der Waals surface area contributed by atoms with Crippen molar-refractivity contribution in [3.63, 3.8) is 0 Å². The maximum absolute atomic E-state index is 7.26. The Kier molecular flexibility index (Phi) is 7.83. The molecule has 272 valence electrons. The Labute approximate surface area is 337 Å². The minimum Gasteiger partial charge on any atom is -0.398 e. The van der Waals surface area contributed by atoms with Crippen LogP contribution in [0.25, 0.3) is 50.6 Å². The minimum absolute atomic E-state index is 0.471. The van der Waals surface area contributed by atoms with E-state index in [4.69, 9.17) is 13.6 Å². The fourth-order valence-electron chi connectivity index (χ4n) is 10.7. The monoisotopic (exact) mass is 730 g/mol. The van der Waals surface area contributed by atoms with Gasteiger partial charge in [-0.3, -0.25) is 0 Å². The third kappa shape index (κ3) is 4.91. The second kappa shape index (κ2) is 13.1. The van der Waals surface area contributed by atoms with Crippen LogP contribution in [0.4, 0.5) is 17.1 Å². The van der Waals surface area contributed by atoms with Gasteiger partial charge in [0.2, 0.25) is 0 Å². The highest BCUT2D eigenvalue weighted by atomic mass is 15.1. The molecule has 1 spiro atoms. The standard InChI is InChI=1S/C54H43BN2/c1-57-50-28-12-11-26-47(50)54(45-24-9-7-19-38(45)39-20-8-10-25-46(39)54)48-27-14-23-43(53(48)57)51-40(42-31-29-35-17-5-6-18-37(35)52(42)56)21-13-22-41(51)44-33-36(30-32-49(44)55)34-15-3-2-4-16-34/h3,6-7,9-16,18-19,21-33H,2,4-5,8,17,20,56H2,1H3. The summed E-state index contributed by atoms with van der Waals surface area (Å²) >= 11 is 0. The van der Waals surface area contributed by atoms with E-state index in [1.165, 1.54) is 61.5 Å². The fraction of sp³-hybridized carbons (Fsp3) is 0.148. The van der Waals surface area contributed by atoms with Crippen LogP contribution in [0.15, 0.2) is 157 Å². The molecular weight excluding hydrogens is 687 g/mol. The second-order valence-corrected chi connectivity index (χ2v) is 16.1. The van der Waals surface area contributed by atoms with E-state index in [9.17, 15) is 0 Å². The van der Waals surface area contributed by atoms with E-state index in [2.05, 4.69) is 170 Å². The van der Waals surface area contributed by atoms with Gasteiger partial charge < -0.3 is 10.6 Å². The Morgan fingerprint density at radius 3 is 2.19 bits per heavy atom. The summed E-state index contributed by atoms with van der Waals surface area (Å²) in [5.41, 5.74) is 30.5. The van der Waals surface area contributed by atoms with Crippen molar-refractivity contribution in [2.75, 3.05) is 17.7 Å². The Hall–Kier alpha value is -6.32. The van der Waals surface area contributed by atoms with Gasteiger partial charge in [-0.2, -0.15) is 0 Å². The molecule has 0 saturated heterocycles. The Bertz CT molecular complexity index is 2850. The van der Waals surface area contributed by atoms with Crippen molar-refractivity contribution in [1.29, 1.82) is 0 Å². The molecule has 2 N–H and O–H groups in total. The number of nitrogen functional groups attached to an aromatic ring is 1. The van der Waals surface area contributed by atoms with Gasteiger partial charge in [-0.15, -0.1) is 0 Å². The zero-order valence-corrected chi connectivity index (χ0v) is 32.4. The first-order valence-corrected chi connectivity index (χ1v) is 20.5. The smallest absolute Gasteiger partial charge is 0.114 e. The number of aryl methyl sites for hydroxylation is 1. The molecule has 0 aromatic heterocycles. The number of allylic oxidation sites excluding steroid dienone is 9. The number of fused-ring (bicyclic) bond motifs is 9. The SMILES string of the molecule is [B]c1ccc(C2=CCCC=C2)cc1-c1cccc(-c2ccc3c(c2N)C=CCC3)c1-c1cccc2c1N(C)c1ccccc1C21C2=C(CCC=C2)c2ccccc21. The van der Waals surface area contributed by atoms with E-state index in [0.717, 1.165) is 88.6 Å². The summed E-state index contributed by atoms with van der Waals surface area (Å²) in [4.78, 5) is 2.44. The van der Waals surface area contributed by atoms with E-state index in [1.54, 1.807) is 0 Å². The van der Waals surface area contributed by atoms with Crippen molar-refractivity contribution in [3.8, 4) is 33.4 Å². The summed E-state index contributed by atoms with van der Waals surface area (Å²) in [6.45, 7) is 0. The molecule has 0 fully saturated rings. The van der Waals surface area contributed by atoms with Gasteiger partial charge in [-0.1, -0.05) is 151 Å². The van der Waals surface area contributed by atoms with Gasteiger partial charge >= 0.3 is 0 Å². The molecule has 0 saturated carbocycles.